The van der Waals surface area contributed by atoms with Gasteiger partial charge in [0.2, 0.25) is 5.91 Å². The molecule has 2 rings (SSSR count). The highest BCUT2D eigenvalue weighted by Crippen LogP contribution is 2.17. The molecule has 0 saturated carbocycles. The third kappa shape index (κ3) is 2.23. The van der Waals surface area contributed by atoms with Gasteiger partial charge in [-0.25, -0.2) is 4.79 Å². The molecule has 2 aliphatic rings. The summed E-state index contributed by atoms with van der Waals surface area (Å²) < 4.78 is 4.89. The number of carbonyl (C=O) groups is 3. The molecule has 0 aromatic carbocycles. The Morgan fingerprint density at radius 2 is 2.29 bits per heavy atom. The molecular weight excluding hydrogens is 226 g/mol. The van der Waals surface area contributed by atoms with Crippen LogP contribution in [0.1, 0.15) is 13.3 Å². The smallest absolute Gasteiger partial charge is 0.324 e. The Kier molecular flexibility index (Phi) is 3.28. The molecule has 2 N–H and O–H groups in total. The topological polar surface area (TPSA) is 87.7 Å². The summed E-state index contributed by atoms with van der Waals surface area (Å²) in [4.78, 5) is 35.6. The fraction of sp³-hybridized carbons (Fsp3) is 0.700. The van der Waals surface area contributed by atoms with Crippen molar-refractivity contribution in [3.05, 3.63) is 0 Å². The minimum Gasteiger partial charge on any atom is -0.465 e. The van der Waals surface area contributed by atoms with Crippen molar-refractivity contribution in [3.63, 3.8) is 0 Å². The first-order chi connectivity index (χ1) is 8.13. The second-order valence-electron chi connectivity index (χ2n) is 4.02. The van der Waals surface area contributed by atoms with E-state index in [1.54, 1.807) is 6.92 Å². The maximum absolute atomic E-state index is 11.5. The second-order valence-corrected chi connectivity index (χ2v) is 4.02. The molecule has 0 aromatic heterocycles. The first-order valence-corrected chi connectivity index (χ1v) is 5.63. The second kappa shape index (κ2) is 4.70. The van der Waals surface area contributed by atoms with Crippen LogP contribution in [-0.2, 0) is 14.3 Å². The molecule has 2 fully saturated rings. The Bertz CT molecular complexity index is 341. The molecule has 7 heteroatoms. The number of ether oxygens (including phenoxy) is 1. The Labute approximate surface area is 98.5 Å². The highest BCUT2D eigenvalue weighted by atomic mass is 16.5. The number of hydrogen-bond donors (Lipinski definition) is 2. The summed E-state index contributed by atoms with van der Waals surface area (Å²) in [5.41, 5.74) is 0. The number of urea groups is 1. The Balaban J connectivity index is 1.95. The van der Waals surface area contributed by atoms with E-state index in [2.05, 4.69) is 10.6 Å². The predicted octanol–water partition coefficient (Wildman–Crippen LogP) is -1.17. The van der Waals surface area contributed by atoms with Crippen molar-refractivity contribution < 1.29 is 19.1 Å². The average molecular weight is 241 g/mol. The van der Waals surface area contributed by atoms with Crippen molar-refractivity contribution >= 4 is 17.9 Å². The maximum atomic E-state index is 11.5. The van der Waals surface area contributed by atoms with Crippen molar-refractivity contribution in [2.45, 2.75) is 25.4 Å². The highest BCUT2D eigenvalue weighted by Gasteiger charge is 2.41. The van der Waals surface area contributed by atoms with E-state index in [9.17, 15) is 14.4 Å². The summed E-state index contributed by atoms with van der Waals surface area (Å²) in [6.07, 6.45) is 0.415. The number of nitrogens with one attached hydrogen (secondary N) is 2. The van der Waals surface area contributed by atoms with E-state index in [4.69, 9.17) is 4.74 Å². The molecule has 2 aliphatic heterocycles. The molecule has 94 valence electrons. The van der Waals surface area contributed by atoms with Crippen molar-refractivity contribution in [3.8, 4) is 0 Å². The van der Waals surface area contributed by atoms with Gasteiger partial charge in [0.05, 0.1) is 19.2 Å². The summed E-state index contributed by atoms with van der Waals surface area (Å²) in [6, 6.07) is -1.08. The lowest BCUT2D eigenvalue weighted by molar-refractivity contribution is -0.145. The Morgan fingerprint density at radius 1 is 1.53 bits per heavy atom. The SMILES string of the molecule is CCOC(=O)[C@@H]1C[C@H](N2C(=O)CNC2=O)CN1. The van der Waals surface area contributed by atoms with Crippen LogP contribution in [0.2, 0.25) is 0 Å². The summed E-state index contributed by atoms with van der Waals surface area (Å²) in [6.45, 7) is 2.54. The van der Waals surface area contributed by atoms with Gasteiger partial charge in [-0.1, -0.05) is 0 Å². The fourth-order valence-electron chi connectivity index (χ4n) is 2.14. The van der Waals surface area contributed by atoms with Crippen LogP contribution in [0.25, 0.3) is 0 Å². The molecule has 3 amide bonds. The lowest BCUT2D eigenvalue weighted by Crippen LogP contribution is -2.41. The molecule has 0 spiro atoms. The van der Waals surface area contributed by atoms with Crippen LogP contribution >= 0.6 is 0 Å². The van der Waals surface area contributed by atoms with Crippen LogP contribution in [0.4, 0.5) is 4.79 Å². The molecule has 17 heavy (non-hydrogen) atoms. The van der Waals surface area contributed by atoms with Gasteiger partial charge in [0.15, 0.2) is 0 Å². The van der Waals surface area contributed by atoms with E-state index in [1.165, 1.54) is 4.90 Å². The molecule has 2 atom stereocenters. The molecule has 2 saturated heterocycles. The zero-order chi connectivity index (χ0) is 12.4. The zero-order valence-electron chi connectivity index (χ0n) is 9.56. The number of rotatable bonds is 3. The van der Waals surface area contributed by atoms with Crippen LogP contribution < -0.4 is 10.6 Å². The van der Waals surface area contributed by atoms with Gasteiger partial charge in [-0.2, -0.15) is 0 Å². The van der Waals surface area contributed by atoms with Gasteiger partial charge in [-0.3, -0.25) is 14.5 Å². The van der Waals surface area contributed by atoms with Crippen LogP contribution in [0.15, 0.2) is 0 Å². The number of hydrogen-bond acceptors (Lipinski definition) is 5. The lowest BCUT2D eigenvalue weighted by Gasteiger charge is -2.19. The maximum Gasteiger partial charge on any atom is 0.324 e. The van der Waals surface area contributed by atoms with Crippen LogP contribution in [0, 0.1) is 0 Å². The standard InChI is InChI=1S/C10H15N3O4/c1-2-17-9(15)7-3-6(4-11-7)13-8(14)5-12-10(13)16/h6-7,11H,2-5H2,1H3,(H,12,16)/t6-,7-/m0/s1. The average Bonchev–Trinajstić information content (AvgIpc) is 2.86. The minimum atomic E-state index is -0.429. The van der Waals surface area contributed by atoms with Crippen molar-refractivity contribution in [1.82, 2.24) is 15.5 Å². The largest absolute Gasteiger partial charge is 0.465 e. The fourth-order valence-corrected chi connectivity index (χ4v) is 2.14. The van der Waals surface area contributed by atoms with E-state index < -0.39 is 6.04 Å². The van der Waals surface area contributed by atoms with Gasteiger partial charge in [-0.05, 0) is 13.3 Å². The lowest BCUT2D eigenvalue weighted by atomic mass is 10.1. The third-order valence-corrected chi connectivity index (χ3v) is 2.92. The molecule has 0 radical (unpaired) electrons. The summed E-state index contributed by atoms with van der Waals surface area (Å²) in [5, 5.41) is 5.42. The van der Waals surface area contributed by atoms with Gasteiger partial charge in [0, 0.05) is 6.54 Å². The van der Waals surface area contributed by atoms with Crippen molar-refractivity contribution in [2.24, 2.45) is 0 Å². The van der Waals surface area contributed by atoms with E-state index >= 15 is 0 Å². The summed E-state index contributed by atoms with van der Waals surface area (Å²) in [5.74, 6) is -0.576. The zero-order valence-corrected chi connectivity index (χ0v) is 9.56. The quantitative estimate of drug-likeness (QED) is 0.480. The molecular formula is C10H15N3O4. The molecule has 7 nitrogen and oxygen atoms in total. The normalized spacial score (nSPS) is 28.4. The van der Waals surface area contributed by atoms with Crippen LogP contribution in [-0.4, -0.2) is 54.6 Å². The van der Waals surface area contributed by atoms with E-state index in [1.807, 2.05) is 0 Å². The third-order valence-electron chi connectivity index (χ3n) is 2.92. The van der Waals surface area contributed by atoms with Gasteiger partial charge >= 0.3 is 12.0 Å². The summed E-state index contributed by atoms with van der Waals surface area (Å²) in [7, 11) is 0. The van der Waals surface area contributed by atoms with Gasteiger partial charge in [0.1, 0.15) is 6.04 Å². The van der Waals surface area contributed by atoms with Crippen LogP contribution in [0.5, 0.6) is 0 Å². The number of nitrogens with zero attached hydrogens (tertiary/aromatic N) is 1. The van der Waals surface area contributed by atoms with Crippen molar-refractivity contribution in [1.29, 1.82) is 0 Å². The summed E-state index contributed by atoms with van der Waals surface area (Å²) >= 11 is 0. The molecule has 2 heterocycles. The number of esters is 1. The minimum absolute atomic E-state index is 0.0411. The highest BCUT2D eigenvalue weighted by molar-refractivity contribution is 6.02. The first-order valence-electron chi connectivity index (χ1n) is 5.63. The predicted molar refractivity (Wildman–Crippen MR) is 57.1 cm³/mol. The Hall–Kier alpha value is -1.63. The number of amides is 3. The van der Waals surface area contributed by atoms with Gasteiger partial charge in [0.25, 0.3) is 0 Å². The van der Waals surface area contributed by atoms with Crippen LogP contribution in [0.3, 0.4) is 0 Å². The molecule has 0 bridgehead atoms. The molecule has 0 unspecified atom stereocenters. The van der Waals surface area contributed by atoms with E-state index in [-0.39, 0.29) is 30.5 Å². The monoisotopic (exact) mass is 241 g/mol. The number of imide groups is 1. The Morgan fingerprint density at radius 3 is 2.88 bits per heavy atom. The van der Waals surface area contributed by atoms with E-state index in [0.29, 0.717) is 19.6 Å². The van der Waals surface area contributed by atoms with Gasteiger partial charge < -0.3 is 15.4 Å². The van der Waals surface area contributed by atoms with Crippen molar-refractivity contribution in [2.75, 3.05) is 19.7 Å². The first kappa shape index (κ1) is 11.8. The van der Waals surface area contributed by atoms with Gasteiger partial charge in [-0.15, -0.1) is 0 Å². The van der Waals surface area contributed by atoms with E-state index in [0.717, 1.165) is 0 Å². The number of carbonyl (C=O) groups excluding carboxylic acids is 3. The molecule has 0 aromatic rings. The molecule has 0 aliphatic carbocycles.